The van der Waals surface area contributed by atoms with Crippen molar-refractivity contribution in [2.75, 3.05) is 7.05 Å². The molecule has 0 amide bonds. The van der Waals surface area contributed by atoms with E-state index in [9.17, 15) is 8.78 Å². The van der Waals surface area contributed by atoms with Crippen LogP contribution in [0, 0.1) is 0 Å². The van der Waals surface area contributed by atoms with Gasteiger partial charge < -0.3 is 0 Å². The van der Waals surface area contributed by atoms with Crippen molar-refractivity contribution in [3.05, 3.63) is 34.9 Å². The van der Waals surface area contributed by atoms with Crippen LogP contribution in [0.1, 0.15) is 23.6 Å². The lowest BCUT2D eigenvalue weighted by atomic mass is 9.92. The minimum absolute atomic E-state index is 0.466. The smallest absolute Gasteiger partial charge is 0.254 e. The predicted octanol–water partition coefficient (Wildman–Crippen LogP) is 2.87. The van der Waals surface area contributed by atoms with E-state index in [1.165, 1.54) is 11.1 Å². The van der Waals surface area contributed by atoms with Gasteiger partial charge in [-0.05, 0) is 36.6 Å². The molecule has 0 saturated carbocycles. The molecule has 2 rings (SSSR count). The standard InChI is InChI=1S/C13H17F2N/c1-3-9-4-5-10-7-12(13(14)15)16(2)8-11(10)6-9/h4-6,12-13H,3,7-8H2,1-2H3. The Morgan fingerprint density at radius 2 is 2.12 bits per heavy atom. The van der Waals surface area contributed by atoms with Crippen molar-refractivity contribution in [3.8, 4) is 0 Å². The van der Waals surface area contributed by atoms with Gasteiger partial charge in [0.05, 0.1) is 6.04 Å². The average Bonchev–Trinajstić information content (AvgIpc) is 2.27. The van der Waals surface area contributed by atoms with Crippen LogP contribution in [0.15, 0.2) is 18.2 Å². The number of hydrogen-bond acceptors (Lipinski definition) is 1. The summed E-state index contributed by atoms with van der Waals surface area (Å²) >= 11 is 0. The molecule has 0 aromatic heterocycles. The first-order valence-electron chi connectivity index (χ1n) is 5.71. The molecule has 0 radical (unpaired) electrons. The number of fused-ring (bicyclic) bond motifs is 1. The van der Waals surface area contributed by atoms with Crippen molar-refractivity contribution < 1.29 is 8.78 Å². The van der Waals surface area contributed by atoms with Crippen molar-refractivity contribution in [1.29, 1.82) is 0 Å². The molecule has 0 aliphatic carbocycles. The third kappa shape index (κ3) is 2.09. The summed E-state index contributed by atoms with van der Waals surface area (Å²) in [6.07, 6.45) is -0.799. The largest absolute Gasteiger partial charge is 0.293 e. The first-order valence-corrected chi connectivity index (χ1v) is 5.71. The Balaban J connectivity index is 2.27. The van der Waals surface area contributed by atoms with Crippen LogP contribution in [0.2, 0.25) is 0 Å². The van der Waals surface area contributed by atoms with Crippen LogP contribution < -0.4 is 0 Å². The van der Waals surface area contributed by atoms with Crippen LogP contribution in [0.25, 0.3) is 0 Å². The Bertz CT molecular complexity index is 376. The number of hydrogen-bond donors (Lipinski definition) is 0. The summed E-state index contributed by atoms with van der Waals surface area (Å²) < 4.78 is 25.5. The highest BCUT2D eigenvalue weighted by Crippen LogP contribution is 2.26. The van der Waals surface area contributed by atoms with Gasteiger partial charge in [0, 0.05) is 6.54 Å². The van der Waals surface area contributed by atoms with Gasteiger partial charge in [0.15, 0.2) is 0 Å². The quantitative estimate of drug-likeness (QED) is 0.748. The fourth-order valence-corrected chi connectivity index (χ4v) is 2.29. The van der Waals surface area contributed by atoms with E-state index in [1.807, 2.05) is 12.1 Å². The summed E-state index contributed by atoms with van der Waals surface area (Å²) in [5.74, 6) is 0. The molecule has 0 bridgehead atoms. The van der Waals surface area contributed by atoms with E-state index in [2.05, 4.69) is 13.0 Å². The van der Waals surface area contributed by atoms with E-state index < -0.39 is 12.5 Å². The van der Waals surface area contributed by atoms with Crippen LogP contribution in [0.5, 0.6) is 0 Å². The van der Waals surface area contributed by atoms with Gasteiger partial charge in [-0.2, -0.15) is 0 Å². The molecule has 0 spiro atoms. The van der Waals surface area contributed by atoms with Crippen molar-refractivity contribution in [1.82, 2.24) is 4.90 Å². The average molecular weight is 225 g/mol. The van der Waals surface area contributed by atoms with Gasteiger partial charge in [-0.3, -0.25) is 4.90 Å². The zero-order valence-corrected chi connectivity index (χ0v) is 9.71. The summed E-state index contributed by atoms with van der Waals surface area (Å²) in [5.41, 5.74) is 3.57. The van der Waals surface area contributed by atoms with Gasteiger partial charge in [-0.15, -0.1) is 0 Å². The molecule has 16 heavy (non-hydrogen) atoms. The molecule has 1 aromatic carbocycles. The number of nitrogens with zero attached hydrogens (tertiary/aromatic N) is 1. The van der Waals surface area contributed by atoms with Gasteiger partial charge in [0.25, 0.3) is 6.43 Å². The Kier molecular flexibility index (Phi) is 3.24. The lowest BCUT2D eigenvalue weighted by molar-refractivity contribution is 0.0285. The van der Waals surface area contributed by atoms with Crippen LogP contribution in [0.4, 0.5) is 8.78 Å². The molecule has 0 saturated heterocycles. The van der Waals surface area contributed by atoms with Crippen molar-refractivity contribution in [2.45, 2.75) is 38.8 Å². The van der Waals surface area contributed by atoms with Gasteiger partial charge in [0.2, 0.25) is 0 Å². The van der Waals surface area contributed by atoms with Crippen LogP contribution in [0.3, 0.4) is 0 Å². The minimum atomic E-state index is -2.26. The van der Waals surface area contributed by atoms with Gasteiger partial charge >= 0.3 is 0 Å². The van der Waals surface area contributed by atoms with Gasteiger partial charge in [-0.25, -0.2) is 8.78 Å². The molecule has 3 heteroatoms. The summed E-state index contributed by atoms with van der Waals surface area (Å²) in [6, 6.07) is 5.58. The molecular weight excluding hydrogens is 208 g/mol. The number of aryl methyl sites for hydroxylation is 1. The Hall–Kier alpha value is -0.960. The van der Waals surface area contributed by atoms with Gasteiger partial charge in [0.1, 0.15) is 0 Å². The van der Waals surface area contributed by atoms with Crippen molar-refractivity contribution >= 4 is 0 Å². The maximum Gasteiger partial charge on any atom is 0.254 e. The lowest BCUT2D eigenvalue weighted by Crippen LogP contribution is -2.42. The molecule has 0 fully saturated rings. The van der Waals surface area contributed by atoms with Crippen LogP contribution in [-0.2, 0) is 19.4 Å². The van der Waals surface area contributed by atoms with E-state index in [0.717, 1.165) is 12.0 Å². The molecule has 1 aliphatic heterocycles. The zero-order chi connectivity index (χ0) is 11.7. The molecule has 1 heterocycles. The van der Waals surface area contributed by atoms with E-state index >= 15 is 0 Å². The van der Waals surface area contributed by atoms with E-state index in [-0.39, 0.29) is 0 Å². The molecule has 88 valence electrons. The SMILES string of the molecule is CCc1ccc2c(c1)CN(C)C(C(F)F)C2. The maximum absolute atomic E-state index is 12.8. The monoisotopic (exact) mass is 225 g/mol. The number of rotatable bonds is 2. The lowest BCUT2D eigenvalue weighted by Gasteiger charge is -2.33. The topological polar surface area (TPSA) is 3.24 Å². The first-order chi connectivity index (χ1) is 7.61. The highest BCUT2D eigenvalue weighted by molar-refractivity contribution is 5.34. The second-order valence-electron chi connectivity index (χ2n) is 4.48. The second-order valence-corrected chi connectivity index (χ2v) is 4.48. The summed E-state index contributed by atoms with van der Waals surface area (Å²) in [4.78, 5) is 1.76. The molecule has 1 aliphatic rings. The normalized spacial score (nSPS) is 21.2. The van der Waals surface area contributed by atoms with Crippen LogP contribution >= 0.6 is 0 Å². The summed E-state index contributed by atoms with van der Waals surface area (Å²) in [5, 5.41) is 0. The number of benzene rings is 1. The summed E-state index contributed by atoms with van der Waals surface area (Å²) in [6.45, 7) is 2.74. The zero-order valence-electron chi connectivity index (χ0n) is 9.71. The highest BCUT2D eigenvalue weighted by atomic mass is 19.3. The molecule has 1 nitrogen and oxygen atoms in total. The minimum Gasteiger partial charge on any atom is -0.293 e. The van der Waals surface area contributed by atoms with Crippen molar-refractivity contribution in [2.24, 2.45) is 0 Å². The summed E-state index contributed by atoms with van der Waals surface area (Å²) in [7, 11) is 1.78. The molecule has 1 atom stereocenters. The fourth-order valence-electron chi connectivity index (χ4n) is 2.29. The predicted molar refractivity (Wildman–Crippen MR) is 60.8 cm³/mol. The number of alkyl halides is 2. The van der Waals surface area contributed by atoms with E-state index in [4.69, 9.17) is 0 Å². The van der Waals surface area contributed by atoms with E-state index in [0.29, 0.717) is 13.0 Å². The Labute approximate surface area is 95.1 Å². The first kappa shape index (κ1) is 11.5. The Morgan fingerprint density at radius 3 is 2.75 bits per heavy atom. The third-order valence-electron chi connectivity index (χ3n) is 3.38. The Morgan fingerprint density at radius 1 is 1.38 bits per heavy atom. The molecule has 0 N–H and O–H groups in total. The van der Waals surface area contributed by atoms with Crippen LogP contribution in [-0.4, -0.2) is 24.4 Å². The fraction of sp³-hybridized carbons (Fsp3) is 0.538. The molecule has 1 unspecified atom stereocenters. The van der Waals surface area contributed by atoms with Gasteiger partial charge in [-0.1, -0.05) is 25.1 Å². The molecular formula is C13H17F2N. The highest BCUT2D eigenvalue weighted by Gasteiger charge is 2.30. The second kappa shape index (κ2) is 4.50. The maximum atomic E-state index is 12.8. The van der Waals surface area contributed by atoms with E-state index in [1.54, 1.807) is 11.9 Å². The third-order valence-corrected chi connectivity index (χ3v) is 3.38. The van der Waals surface area contributed by atoms with Crippen molar-refractivity contribution in [3.63, 3.8) is 0 Å². The number of halogens is 2. The number of likely N-dealkylation sites (N-methyl/N-ethyl adjacent to an activating group) is 1. The molecule has 1 aromatic rings.